The van der Waals surface area contributed by atoms with Crippen LogP contribution in [-0.2, 0) is 20.7 Å². The number of anilines is 1. The lowest BCUT2D eigenvalue weighted by molar-refractivity contribution is -0.146. The van der Waals surface area contributed by atoms with Crippen molar-refractivity contribution in [1.82, 2.24) is 9.97 Å². The van der Waals surface area contributed by atoms with Gasteiger partial charge in [0.2, 0.25) is 0 Å². The number of aromatic nitrogens is 2. The number of ether oxygens (including phenoxy) is 1. The summed E-state index contributed by atoms with van der Waals surface area (Å²) < 4.78 is 18.4. The minimum atomic E-state index is -0.566. The van der Waals surface area contributed by atoms with E-state index in [4.69, 9.17) is 4.74 Å². The maximum Gasteiger partial charge on any atom is 0.312 e. The Kier molecular flexibility index (Phi) is 5.87. The van der Waals surface area contributed by atoms with Gasteiger partial charge < -0.3 is 10.1 Å². The number of carbonyl (C=O) groups excluding carboxylic acids is 2. The topological polar surface area (TPSA) is 81.2 Å². The van der Waals surface area contributed by atoms with E-state index in [0.29, 0.717) is 16.9 Å². The van der Waals surface area contributed by atoms with Crippen LogP contribution in [0.25, 0.3) is 10.6 Å². The average Bonchev–Trinajstić information content (AvgIpc) is 3.12. The molecule has 0 aliphatic rings. The standard InChI is InChI=1S/C19H16FN3O3S/c1-12-4-5-14(7-16(12)20)22-17(24)10-26-18(25)8-15-11-27-19(23-15)13-3-2-6-21-9-13/h2-7,9,11H,8,10H2,1H3,(H,22,24). The fourth-order valence-corrected chi connectivity index (χ4v) is 3.03. The van der Waals surface area contributed by atoms with Gasteiger partial charge in [0.05, 0.1) is 12.1 Å². The molecule has 27 heavy (non-hydrogen) atoms. The molecular weight excluding hydrogens is 369 g/mol. The highest BCUT2D eigenvalue weighted by atomic mass is 32.1. The molecule has 0 saturated heterocycles. The molecule has 138 valence electrons. The van der Waals surface area contributed by atoms with E-state index in [2.05, 4.69) is 15.3 Å². The number of amides is 1. The molecule has 2 aromatic heterocycles. The van der Waals surface area contributed by atoms with Crippen LogP contribution in [0.3, 0.4) is 0 Å². The monoisotopic (exact) mass is 385 g/mol. The number of thiazole rings is 1. The van der Waals surface area contributed by atoms with Crippen molar-refractivity contribution in [2.75, 3.05) is 11.9 Å². The second kappa shape index (κ2) is 8.50. The van der Waals surface area contributed by atoms with Crippen molar-refractivity contribution in [1.29, 1.82) is 0 Å². The molecule has 0 spiro atoms. The predicted octanol–water partition coefficient (Wildman–Crippen LogP) is 3.38. The Balaban J connectivity index is 1.49. The molecule has 0 atom stereocenters. The Bertz CT molecular complexity index is 960. The maximum atomic E-state index is 13.5. The summed E-state index contributed by atoms with van der Waals surface area (Å²) >= 11 is 1.40. The van der Waals surface area contributed by atoms with Gasteiger partial charge in [0.25, 0.3) is 5.91 Å². The molecule has 1 amide bonds. The summed E-state index contributed by atoms with van der Waals surface area (Å²) in [6, 6.07) is 8.03. The first-order valence-corrected chi connectivity index (χ1v) is 8.95. The molecular formula is C19H16FN3O3S. The highest BCUT2D eigenvalue weighted by molar-refractivity contribution is 7.13. The van der Waals surface area contributed by atoms with Crippen molar-refractivity contribution in [3.8, 4) is 10.6 Å². The number of halogens is 1. The van der Waals surface area contributed by atoms with Gasteiger partial charge in [0.1, 0.15) is 10.8 Å². The SMILES string of the molecule is Cc1ccc(NC(=O)COC(=O)Cc2csc(-c3cccnc3)n2)cc1F. The smallest absolute Gasteiger partial charge is 0.312 e. The van der Waals surface area contributed by atoms with Gasteiger partial charge in [-0.15, -0.1) is 11.3 Å². The van der Waals surface area contributed by atoms with E-state index in [-0.39, 0.29) is 6.42 Å². The Morgan fingerprint density at radius 2 is 2.15 bits per heavy atom. The molecule has 0 radical (unpaired) electrons. The molecule has 0 fully saturated rings. The lowest BCUT2D eigenvalue weighted by Crippen LogP contribution is -2.21. The lowest BCUT2D eigenvalue weighted by Gasteiger charge is -2.07. The minimum Gasteiger partial charge on any atom is -0.455 e. The zero-order valence-corrected chi connectivity index (χ0v) is 15.3. The molecule has 0 unspecified atom stereocenters. The predicted molar refractivity (Wildman–Crippen MR) is 99.8 cm³/mol. The summed E-state index contributed by atoms with van der Waals surface area (Å²) in [6.07, 6.45) is 3.33. The Morgan fingerprint density at radius 1 is 1.30 bits per heavy atom. The van der Waals surface area contributed by atoms with Gasteiger partial charge in [-0.3, -0.25) is 14.6 Å². The first kappa shape index (κ1) is 18.7. The molecule has 1 N–H and O–H groups in total. The number of hydrogen-bond acceptors (Lipinski definition) is 6. The van der Waals surface area contributed by atoms with Crippen molar-refractivity contribution < 1.29 is 18.7 Å². The van der Waals surface area contributed by atoms with Crippen LogP contribution in [0.15, 0.2) is 48.1 Å². The molecule has 6 nitrogen and oxygen atoms in total. The van der Waals surface area contributed by atoms with E-state index in [1.807, 2.05) is 12.1 Å². The summed E-state index contributed by atoms with van der Waals surface area (Å²) in [4.78, 5) is 32.1. The van der Waals surface area contributed by atoms with Crippen LogP contribution in [0.5, 0.6) is 0 Å². The van der Waals surface area contributed by atoms with E-state index in [0.717, 1.165) is 10.6 Å². The summed E-state index contributed by atoms with van der Waals surface area (Å²) in [7, 11) is 0. The van der Waals surface area contributed by atoms with Crippen LogP contribution in [0.4, 0.5) is 10.1 Å². The first-order valence-electron chi connectivity index (χ1n) is 8.07. The first-order chi connectivity index (χ1) is 13.0. The third-order valence-corrected chi connectivity index (χ3v) is 4.55. The van der Waals surface area contributed by atoms with Gasteiger partial charge in [-0.25, -0.2) is 9.37 Å². The molecule has 8 heteroatoms. The van der Waals surface area contributed by atoms with E-state index in [1.54, 1.807) is 36.8 Å². The van der Waals surface area contributed by atoms with Gasteiger partial charge in [-0.2, -0.15) is 0 Å². The van der Waals surface area contributed by atoms with Crippen molar-refractivity contribution in [3.63, 3.8) is 0 Å². The Labute approximate surface area is 159 Å². The molecule has 0 saturated carbocycles. The molecule has 0 aliphatic carbocycles. The van der Waals surface area contributed by atoms with Gasteiger partial charge in [0.15, 0.2) is 6.61 Å². The second-order valence-corrected chi connectivity index (χ2v) is 6.59. The highest BCUT2D eigenvalue weighted by Gasteiger charge is 2.12. The Hall–Kier alpha value is -3.13. The number of benzene rings is 1. The van der Waals surface area contributed by atoms with Crippen LogP contribution in [0.1, 0.15) is 11.3 Å². The third kappa shape index (κ3) is 5.18. The zero-order chi connectivity index (χ0) is 19.2. The fourth-order valence-electron chi connectivity index (χ4n) is 2.22. The normalized spacial score (nSPS) is 10.4. The van der Waals surface area contributed by atoms with Crippen molar-refractivity contribution >= 4 is 28.9 Å². The van der Waals surface area contributed by atoms with Crippen molar-refractivity contribution in [3.05, 3.63) is 65.2 Å². The van der Waals surface area contributed by atoms with Crippen molar-refractivity contribution in [2.45, 2.75) is 13.3 Å². The largest absolute Gasteiger partial charge is 0.455 e. The van der Waals surface area contributed by atoms with E-state index in [9.17, 15) is 14.0 Å². The van der Waals surface area contributed by atoms with Crippen LogP contribution in [0.2, 0.25) is 0 Å². The van der Waals surface area contributed by atoms with Gasteiger partial charge in [-0.1, -0.05) is 6.07 Å². The quantitative estimate of drug-likeness (QED) is 0.658. The summed E-state index contributed by atoms with van der Waals surface area (Å²) in [6.45, 7) is 1.18. The highest BCUT2D eigenvalue weighted by Crippen LogP contribution is 2.22. The summed E-state index contributed by atoms with van der Waals surface area (Å²) in [5, 5.41) is 5.00. The molecule has 1 aromatic carbocycles. The number of nitrogens with one attached hydrogen (secondary N) is 1. The van der Waals surface area contributed by atoms with Crippen LogP contribution >= 0.6 is 11.3 Å². The number of carbonyl (C=O) groups is 2. The Morgan fingerprint density at radius 3 is 2.89 bits per heavy atom. The summed E-state index contributed by atoms with van der Waals surface area (Å²) in [5.41, 5.74) is 2.21. The zero-order valence-electron chi connectivity index (χ0n) is 14.4. The number of esters is 1. The molecule has 0 bridgehead atoms. The number of rotatable bonds is 6. The van der Waals surface area contributed by atoms with Crippen LogP contribution in [-0.4, -0.2) is 28.5 Å². The molecule has 3 aromatic rings. The van der Waals surface area contributed by atoms with Gasteiger partial charge in [-0.05, 0) is 36.8 Å². The third-order valence-electron chi connectivity index (χ3n) is 3.61. The molecule has 0 aliphatic heterocycles. The summed E-state index contributed by atoms with van der Waals surface area (Å²) in [5.74, 6) is -1.53. The fraction of sp³-hybridized carbons (Fsp3) is 0.158. The van der Waals surface area contributed by atoms with Crippen LogP contribution < -0.4 is 5.32 Å². The van der Waals surface area contributed by atoms with E-state index < -0.39 is 24.3 Å². The number of pyridine rings is 1. The minimum absolute atomic E-state index is 0.0385. The van der Waals surface area contributed by atoms with Crippen LogP contribution in [0, 0.1) is 12.7 Å². The van der Waals surface area contributed by atoms with E-state index in [1.165, 1.54) is 17.4 Å². The molecule has 2 heterocycles. The van der Waals surface area contributed by atoms with Gasteiger partial charge in [0, 0.05) is 29.0 Å². The number of hydrogen-bond donors (Lipinski definition) is 1. The van der Waals surface area contributed by atoms with E-state index >= 15 is 0 Å². The molecule has 3 rings (SSSR count). The lowest BCUT2D eigenvalue weighted by atomic mass is 10.2. The maximum absolute atomic E-state index is 13.5. The van der Waals surface area contributed by atoms with Gasteiger partial charge >= 0.3 is 5.97 Å². The number of aryl methyl sites for hydroxylation is 1. The second-order valence-electron chi connectivity index (χ2n) is 5.74. The van der Waals surface area contributed by atoms with Crippen molar-refractivity contribution in [2.24, 2.45) is 0 Å². The average molecular weight is 385 g/mol. The number of nitrogens with zero attached hydrogens (tertiary/aromatic N) is 2.